The molecule has 1 aliphatic rings. The van der Waals surface area contributed by atoms with E-state index in [4.69, 9.17) is 4.74 Å². The highest BCUT2D eigenvalue weighted by Crippen LogP contribution is 2.32. The van der Waals surface area contributed by atoms with Crippen molar-refractivity contribution in [1.82, 2.24) is 15.3 Å². The van der Waals surface area contributed by atoms with Crippen LogP contribution in [0.5, 0.6) is 5.88 Å². The van der Waals surface area contributed by atoms with Gasteiger partial charge in [0.2, 0.25) is 11.8 Å². The number of aryl methyl sites for hydroxylation is 2. The second-order valence-corrected chi connectivity index (χ2v) is 8.91. The molecule has 2 N–H and O–H groups in total. The smallest absolute Gasteiger partial charge is 0.390 e. The zero-order chi connectivity index (χ0) is 25.6. The largest absolute Gasteiger partial charge is 0.425 e. The van der Waals surface area contributed by atoms with Crippen LogP contribution in [0.2, 0.25) is 0 Å². The van der Waals surface area contributed by atoms with Gasteiger partial charge in [-0.25, -0.2) is 14.7 Å². The number of piperazine rings is 1. The van der Waals surface area contributed by atoms with E-state index < -0.39 is 6.09 Å². The molecule has 5 rings (SSSR count). The molecule has 0 bridgehead atoms. The van der Waals surface area contributed by atoms with Crippen molar-refractivity contribution >= 4 is 34.8 Å². The second kappa shape index (κ2) is 11.1. The van der Waals surface area contributed by atoms with Crippen LogP contribution < -0.4 is 25.2 Å². The summed E-state index contributed by atoms with van der Waals surface area (Å²) in [6.07, 6.45) is 1.02. The van der Waals surface area contributed by atoms with Crippen molar-refractivity contribution in [1.29, 1.82) is 0 Å². The van der Waals surface area contributed by atoms with E-state index in [2.05, 4.69) is 37.6 Å². The van der Waals surface area contributed by atoms with E-state index in [1.807, 2.05) is 74.5 Å². The lowest BCUT2D eigenvalue weighted by molar-refractivity contribution is 0.208. The van der Waals surface area contributed by atoms with Crippen LogP contribution in [0, 0.1) is 13.8 Å². The first-order chi connectivity index (χ1) is 18.1. The number of rotatable bonds is 6. The minimum absolute atomic E-state index is 0.159. The quantitative estimate of drug-likeness (QED) is 0.362. The lowest BCUT2D eigenvalue weighted by Gasteiger charge is -2.29. The minimum atomic E-state index is -0.548. The van der Waals surface area contributed by atoms with Gasteiger partial charge in [-0.2, -0.15) is 4.98 Å². The fourth-order valence-electron chi connectivity index (χ4n) is 4.46. The summed E-state index contributed by atoms with van der Waals surface area (Å²) in [5.41, 5.74) is 5.47. The molecule has 0 aliphatic carbocycles. The molecule has 0 saturated carbocycles. The number of carbonyl (C=O) groups excluding carboxylic acids is 1. The Hall–Kier alpha value is -4.43. The van der Waals surface area contributed by atoms with Crippen molar-refractivity contribution in [2.24, 2.45) is 0 Å². The van der Waals surface area contributed by atoms with E-state index >= 15 is 0 Å². The zero-order valence-corrected chi connectivity index (χ0v) is 21.0. The first-order valence-electron chi connectivity index (χ1n) is 12.4. The molecular weight excluding hydrogens is 464 g/mol. The third-order valence-corrected chi connectivity index (χ3v) is 6.29. The highest BCUT2D eigenvalue weighted by atomic mass is 16.6. The van der Waals surface area contributed by atoms with Gasteiger partial charge in [0.15, 0.2) is 0 Å². The number of nitrogens with one attached hydrogen (secondary N) is 2. The summed E-state index contributed by atoms with van der Waals surface area (Å²) in [6.45, 7) is 7.92. The maximum absolute atomic E-state index is 13.5. The molecule has 0 unspecified atom stereocenters. The van der Waals surface area contributed by atoms with Crippen LogP contribution in [0.15, 0.2) is 85.1 Å². The molecule has 1 saturated heterocycles. The first kappa shape index (κ1) is 24.3. The van der Waals surface area contributed by atoms with Crippen molar-refractivity contribution in [3.05, 3.63) is 96.2 Å². The van der Waals surface area contributed by atoms with E-state index in [0.717, 1.165) is 48.7 Å². The molecule has 0 radical (unpaired) electrons. The van der Waals surface area contributed by atoms with Gasteiger partial charge in [0.05, 0.1) is 11.4 Å². The minimum Gasteiger partial charge on any atom is -0.390 e. The van der Waals surface area contributed by atoms with E-state index in [9.17, 15) is 4.79 Å². The Kier molecular flexibility index (Phi) is 7.28. The first-order valence-corrected chi connectivity index (χ1v) is 12.4. The molecule has 8 heteroatoms. The van der Waals surface area contributed by atoms with Crippen LogP contribution in [-0.2, 0) is 0 Å². The average molecular weight is 495 g/mol. The van der Waals surface area contributed by atoms with Crippen LogP contribution in [0.3, 0.4) is 0 Å². The highest BCUT2D eigenvalue weighted by Gasteiger charge is 2.24. The summed E-state index contributed by atoms with van der Waals surface area (Å²) < 4.78 is 5.76. The molecule has 37 heavy (non-hydrogen) atoms. The number of anilines is 5. The fraction of sp³-hybridized carbons (Fsp3) is 0.207. The van der Waals surface area contributed by atoms with Gasteiger partial charge >= 0.3 is 6.09 Å². The van der Waals surface area contributed by atoms with Gasteiger partial charge < -0.3 is 20.3 Å². The third kappa shape index (κ3) is 5.70. The van der Waals surface area contributed by atoms with Gasteiger partial charge in [0.1, 0.15) is 0 Å². The number of amides is 1. The number of carbonyl (C=O) groups is 1. The Morgan fingerprint density at radius 2 is 1.62 bits per heavy atom. The molecule has 0 spiro atoms. The number of nitrogens with zero attached hydrogens (tertiary/aromatic N) is 4. The van der Waals surface area contributed by atoms with Crippen molar-refractivity contribution < 1.29 is 9.53 Å². The number of benzene rings is 3. The van der Waals surface area contributed by atoms with E-state index in [0.29, 0.717) is 11.6 Å². The van der Waals surface area contributed by atoms with E-state index in [1.54, 1.807) is 17.2 Å². The van der Waals surface area contributed by atoms with Gasteiger partial charge in [-0.15, -0.1) is 0 Å². The lowest BCUT2D eigenvalue weighted by Crippen LogP contribution is -2.43. The molecule has 1 aromatic heterocycles. The summed E-state index contributed by atoms with van der Waals surface area (Å²) in [6, 6.07) is 25.1. The number of hydrogen-bond donors (Lipinski definition) is 2. The van der Waals surface area contributed by atoms with Gasteiger partial charge in [0, 0.05) is 49.8 Å². The van der Waals surface area contributed by atoms with E-state index in [1.165, 1.54) is 5.69 Å². The molecule has 1 amide bonds. The lowest BCUT2D eigenvalue weighted by atomic mass is 10.1. The molecule has 8 nitrogen and oxygen atoms in total. The molecule has 0 atom stereocenters. The Labute approximate surface area is 216 Å². The average Bonchev–Trinajstić information content (AvgIpc) is 2.92. The Balaban J connectivity index is 1.34. The molecule has 2 heterocycles. The van der Waals surface area contributed by atoms with Crippen LogP contribution in [0.1, 0.15) is 11.1 Å². The topological polar surface area (TPSA) is 82.6 Å². The summed E-state index contributed by atoms with van der Waals surface area (Å²) in [5.74, 6) is 0.505. The highest BCUT2D eigenvalue weighted by molar-refractivity contribution is 5.98. The third-order valence-electron chi connectivity index (χ3n) is 6.29. The molecule has 3 aromatic carbocycles. The molecule has 4 aromatic rings. The van der Waals surface area contributed by atoms with Crippen LogP contribution in [0.4, 0.5) is 33.5 Å². The number of aromatic nitrogens is 2. The van der Waals surface area contributed by atoms with E-state index in [-0.39, 0.29) is 5.88 Å². The van der Waals surface area contributed by atoms with Gasteiger partial charge in [0.25, 0.3) is 0 Å². The van der Waals surface area contributed by atoms with Crippen molar-refractivity contribution in [3.63, 3.8) is 0 Å². The van der Waals surface area contributed by atoms with Gasteiger partial charge in [-0.3, -0.25) is 0 Å². The fourth-order valence-corrected chi connectivity index (χ4v) is 4.46. The molecular formula is C29H30N6O2. The molecule has 1 aliphatic heterocycles. The predicted octanol–water partition coefficient (Wildman–Crippen LogP) is 5.58. The SMILES string of the molecule is Cc1cccc(C)c1N(C(=O)Oc1ccnc(Nc2ccc(N3CCNCC3)cc2)n1)c1ccccc1. The van der Waals surface area contributed by atoms with Crippen LogP contribution >= 0.6 is 0 Å². The van der Waals surface area contributed by atoms with Crippen molar-refractivity contribution in [2.75, 3.05) is 41.3 Å². The molecule has 1 fully saturated rings. The van der Waals surface area contributed by atoms with Crippen LogP contribution in [-0.4, -0.2) is 42.2 Å². The number of hydrogen-bond acceptors (Lipinski definition) is 7. The van der Waals surface area contributed by atoms with Gasteiger partial charge in [-0.05, 0) is 61.4 Å². The number of ether oxygens (including phenoxy) is 1. The zero-order valence-electron chi connectivity index (χ0n) is 21.0. The Morgan fingerprint density at radius 1 is 0.919 bits per heavy atom. The normalized spacial score (nSPS) is 13.2. The maximum atomic E-state index is 13.5. The number of para-hydroxylation sites is 2. The standard InChI is InChI=1S/C29H30N6O2/c1-21-7-6-8-22(2)27(21)35(25-9-4-3-5-10-25)29(36)37-26-15-16-31-28(33-26)32-23-11-13-24(14-12-23)34-19-17-30-18-20-34/h3-16,30H,17-20H2,1-2H3,(H,31,32,33). The predicted molar refractivity (Wildman–Crippen MR) is 147 cm³/mol. The van der Waals surface area contributed by atoms with Crippen molar-refractivity contribution in [2.45, 2.75) is 13.8 Å². The summed E-state index contributed by atoms with van der Waals surface area (Å²) >= 11 is 0. The summed E-state index contributed by atoms with van der Waals surface area (Å²) in [7, 11) is 0. The maximum Gasteiger partial charge on any atom is 0.425 e. The van der Waals surface area contributed by atoms with Crippen LogP contribution in [0.25, 0.3) is 0 Å². The summed E-state index contributed by atoms with van der Waals surface area (Å²) in [5, 5.41) is 6.57. The monoisotopic (exact) mass is 494 g/mol. The Bertz CT molecular complexity index is 1330. The second-order valence-electron chi connectivity index (χ2n) is 8.91. The molecule has 188 valence electrons. The van der Waals surface area contributed by atoms with Crippen molar-refractivity contribution in [3.8, 4) is 5.88 Å². The van der Waals surface area contributed by atoms with Gasteiger partial charge in [-0.1, -0.05) is 36.4 Å². The summed E-state index contributed by atoms with van der Waals surface area (Å²) in [4.78, 5) is 26.1. The Morgan fingerprint density at radius 3 is 2.32 bits per heavy atom.